The minimum absolute atomic E-state index is 0.167. The van der Waals surface area contributed by atoms with Crippen molar-refractivity contribution in [3.05, 3.63) is 0 Å². The maximum absolute atomic E-state index is 9.18. The van der Waals surface area contributed by atoms with Crippen LogP contribution in [0.25, 0.3) is 0 Å². The van der Waals surface area contributed by atoms with Crippen LogP contribution >= 0.6 is 0 Å². The van der Waals surface area contributed by atoms with Gasteiger partial charge in [-0.15, -0.1) is 0 Å². The summed E-state index contributed by atoms with van der Waals surface area (Å²) in [6, 6.07) is 0. The average Bonchev–Trinajstić information content (AvgIpc) is 1.60. The summed E-state index contributed by atoms with van der Waals surface area (Å²) < 4.78 is 0. The lowest BCUT2D eigenvalue weighted by atomic mass is 9.83. The first-order chi connectivity index (χ1) is 4.33. The van der Waals surface area contributed by atoms with Crippen molar-refractivity contribution in [1.29, 1.82) is 0 Å². The Morgan fingerprint density at radius 3 is 1.70 bits per heavy atom. The molecule has 0 radical (unpaired) electrons. The fraction of sp³-hybridized carbons (Fsp3) is 1.00. The summed E-state index contributed by atoms with van der Waals surface area (Å²) in [5, 5.41) is 9.18. The molecule has 0 spiro atoms. The molecule has 0 aromatic heterocycles. The first-order valence-corrected chi connectivity index (χ1v) is 4.01. The largest absolute Gasteiger partial charge is 0.393 e. The van der Waals surface area contributed by atoms with Crippen molar-refractivity contribution in [1.82, 2.24) is 0 Å². The van der Waals surface area contributed by atoms with Crippen LogP contribution in [-0.2, 0) is 0 Å². The third-order valence-corrected chi connectivity index (χ3v) is 1.76. The molecule has 0 aliphatic heterocycles. The summed E-state index contributed by atoms with van der Waals surface area (Å²) in [5.74, 6) is 0.417. The van der Waals surface area contributed by atoms with E-state index in [9.17, 15) is 5.11 Å². The topological polar surface area (TPSA) is 20.2 Å². The van der Waals surface area contributed by atoms with E-state index in [0.29, 0.717) is 11.3 Å². The molecule has 1 N–H and O–H groups in total. The summed E-state index contributed by atoms with van der Waals surface area (Å²) in [5.41, 5.74) is 0.344. The number of rotatable bonds is 2. The Kier molecular flexibility index (Phi) is 3.37. The molecular weight excluding hydrogens is 124 g/mol. The standard InChI is InChI=1S/C9H20O/c1-7(8(2)10)6-9(3,4)5/h7-8,10H,6H2,1-5H3. The van der Waals surface area contributed by atoms with Gasteiger partial charge in [0.1, 0.15) is 0 Å². The van der Waals surface area contributed by atoms with E-state index in [1.165, 1.54) is 0 Å². The van der Waals surface area contributed by atoms with Gasteiger partial charge in [-0.3, -0.25) is 0 Å². The molecule has 0 bridgehead atoms. The van der Waals surface area contributed by atoms with E-state index in [1.54, 1.807) is 0 Å². The van der Waals surface area contributed by atoms with Gasteiger partial charge in [-0.1, -0.05) is 27.7 Å². The summed E-state index contributed by atoms with van der Waals surface area (Å²) in [6.45, 7) is 10.6. The van der Waals surface area contributed by atoms with Gasteiger partial charge in [0.15, 0.2) is 0 Å². The minimum atomic E-state index is -0.167. The van der Waals surface area contributed by atoms with Gasteiger partial charge < -0.3 is 5.11 Å². The first kappa shape index (κ1) is 9.96. The summed E-state index contributed by atoms with van der Waals surface area (Å²) in [7, 11) is 0. The number of hydrogen-bond acceptors (Lipinski definition) is 1. The Balaban J connectivity index is 3.68. The maximum atomic E-state index is 9.18. The predicted molar refractivity (Wildman–Crippen MR) is 44.9 cm³/mol. The number of hydrogen-bond donors (Lipinski definition) is 1. The molecule has 1 heteroatoms. The number of aliphatic hydroxyl groups is 1. The molecule has 62 valence electrons. The second-order valence-electron chi connectivity index (χ2n) is 4.48. The molecule has 1 nitrogen and oxygen atoms in total. The Morgan fingerprint density at radius 2 is 1.60 bits per heavy atom. The van der Waals surface area contributed by atoms with Gasteiger partial charge in [0, 0.05) is 0 Å². The van der Waals surface area contributed by atoms with Gasteiger partial charge in [0.25, 0.3) is 0 Å². The second-order valence-corrected chi connectivity index (χ2v) is 4.48. The van der Waals surface area contributed by atoms with Gasteiger partial charge in [0.2, 0.25) is 0 Å². The molecule has 2 unspecified atom stereocenters. The summed E-state index contributed by atoms with van der Waals surface area (Å²) in [4.78, 5) is 0. The Labute approximate surface area is 64.5 Å². The van der Waals surface area contributed by atoms with Crippen LogP contribution in [0.1, 0.15) is 41.0 Å². The number of aliphatic hydroxyl groups excluding tert-OH is 1. The summed E-state index contributed by atoms with van der Waals surface area (Å²) >= 11 is 0. The highest BCUT2D eigenvalue weighted by Gasteiger charge is 2.17. The van der Waals surface area contributed by atoms with Crippen LogP contribution in [0, 0.1) is 11.3 Å². The van der Waals surface area contributed by atoms with Gasteiger partial charge >= 0.3 is 0 Å². The van der Waals surface area contributed by atoms with Crippen molar-refractivity contribution in [2.75, 3.05) is 0 Å². The molecule has 0 heterocycles. The lowest BCUT2D eigenvalue weighted by Crippen LogP contribution is -2.19. The third kappa shape index (κ3) is 4.80. The molecule has 0 aromatic rings. The molecule has 2 atom stereocenters. The highest BCUT2D eigenvalue weighted by molar-refractivity contribution is 4.69. The van der Waals surface area contributed by atoms with Crippen LogP contribution in [0.2, 0.25) is 0 Å². The highest BCUT2D eigenvalue weighted by Crippen LogP contribution is 2.25. The Bertz CT molecular complexity index is 89.4. The van der Waals surface area contributed by atoms with Crippen molar-refractivity contribution in [2.24, 2.45) is 11.3 Å². The monoisotopic (exact) mass is 144 g/mol. The van der Waals surface area contributed by atoms with E-state index in [4.69, 9.17) is 0 Å². The van der Waals surface area contributed by atoms with Gasteiger partial charge in [-0.2, -0.15) is 0 Å². The summed E-state index contributed by atoms with van der Waals surface area (Å²) in [6.07, 6.45) is 0.921. The molecule has 0 amide bonds. The van der Waals surface area contributed by atoms with Crippen LogP contribution in [0.3, 0.4) is 0 Å². The van der Waals surface area contributed by atoms with Gasteiger partial charge in [0.05, 0.1) is 6.10 Å². The SMILES string of the molecule is CC(O)C(C)CC(C)(C)C. The smallest absolute Gasteiger partial charge is 0.0537 e. The third-order valence-electron chi connectivity index (χ3n) is 1.76. The van der Waals surface area contributed by atoms with Crippen molar-refractivity contribution in [3.63, 3.8) is 0 Å². The van der Waals surface area contributed by atoms with Gasteiger partial charge in [-0.05, 0) is 24.7 Å². The molecule has 0 rings (SSSR count). The van der Waals surface area contributed by atoms with E-state index < -0.39 is 0 Å². The lowest BCUT2D eigenvalue weighted by molar-refractivity contribution is 0.107. The van der Waals surface area contributed by atoms with E-state index in [1.807, 2.05) is 6.92 Å². The lowest BCUT2D eigenvalue weighted by Gasteiger charge is -2.24. The van der Waals surface area contributed by atoms with E-state index in [2.05, 4.69) is 27.7 Å². The molecule has 0 aliphatic carbocycles. The fourth-order valence-corrected chi connectivity index (χ4v) is 1.14. The van der Waals surface area contributed by atoms with E-state index >= 15 is 0 Å². The predicted octanol–water partition coefficient (Wildman–Crippen LogP) is 2.44. The zero-order valence-electron chi connectivity index (χ0n) is 7.81. The normalized spacial score (nSPS) is 18.6. The second kappa shape index (κ2) is 3.38. The quantitative estimate of drug-likeness (QED) is 0.631. The Morgan fingerprint density at radius 1 is 1.20 bits per heavy atom. The van der Waals surface area contributed by atoms with Crippen molar-refractivity contribution in [2.45, 2.75) is 47.1 Å². The fourth-order valence-electron chi connectivity index (χ4n) is 1.14. The van der Waals surface area contributed by atoms with Crippen LogP contribution in [0.15, 0.2) is 0 Å². The van der Waals surface area contributed by atoms with E-state index in [0.717, 1.165) is 6.42 Å². The molecule has 0 aliphatic rings. The molecule has 0 saturated carbocycles. The first-order valence-electron chi connectivity index (χ1n) is 4.01. The van der Waals surface area contributed by atoms with Crippen molar-refractivity contribution in [3.8, 4) is 0 Å². The van der Waals surface area contributed by atoms with Crippen LogP contribution in [0.5, 0.6) is 0 Å². The molecule has 0 aromatic carbocycles. The van der Waals surface area contributed by atoms with Crippen LogP contribution in [-0.4, -0.2) is 11.2 Å². The minimum Gasteiger partial charge on any atom is -0.393 e. The zero-order valence-corrected chi connectivity index (χ0v) is 7.81. The van der Waals surface area contributed by atoms with Crippen molar-refractivity contribution >= 4 is 0 Å². The molecule has 0 saturated heterocycles. The maximum Gasteiger partial charge on any atom is 0.0537 e. The zero-order chi connectivity index (χ0) is 8.36. The highest BCUT2D eigenvalue weighted by atomic mass is 16.3. The van der Waals surface area contributed by atoms with Crippen LogP contribution in [0.4, 0.5) is 0 Å². The van der Waals surface area contributed by atoms with Gasteiger partial charge in [-0.25, -0.2) is 0 Å². The Hall–Kier alpha value is -0.0400. The van der Waals surface area contributed by atoms with Crippen molar-refractivity contribution < 1.29 is 5.11 Å². The molecule has 10 heavy (non-hydrogen) atoms. The average molecular weight is 144 g/mol. The molecule has 0 fully saturated rings. The molecular formula is C9H20O. The van der Waals surface area contributed by atoms with Crippen LogP contribution < -0.4 is 0 Å². The van der Waals surface area contributed by atoms with E-state index in [-0.39, 0.29) is 6.10 Å².